The lowest BCUT2D eigenvalue weighted by atomic mass is 10.0. The summed E-state index contributed by atoms with van der Waals surface area (Å²) in [5, 5.41) is 3.09. The Morgan fingerprint density at radius 1 is 1.44 bits per heavy atom. The number of ether oxygens (including phenoxy) is 2. The lowest BCUT2D eigenvalue weighted by Crippen LogP contribution is -2.22. The van der Waals surface area contributed by atoms with Gasteiger partial charge in [0.1, 0.15) is 0 Å². The predicted molar refractivity (Wildman–Crippen MR) is 68.6 cm³/mol. The highest BCUT2D eigenvalue weighted by atomic mass is 16.5. The fourth-order valence-electron chi connectivity index (χ4n) is 2.01. The number of aryl methyl sites for hydroxylation is 1. The van der Waals surface area contributed by atoms with Crippen LogP contribution in [-0.4, -0.2) is 36.8 Å². The zero-order chi connectivity index (χ0) is 12.8. The summed E-state index contributed by atoms with van der Waals surface area (Å²) in [6, 6.07) is 0.485. The fourth-order valence-corrected chi connectivity index (χ4v) is 2.01. The van der Waals surface area contributed by atoms with E-state index in [9.17, 15) is 0 Å². The molecule has 1 aliphatic heterocycles. The molecular weight excluding hydrogens is 230 g/mol. The Labute approximate surface area is 108 Å². The SMILES string of the molecule is CNCc1cnc(OCC2CCOCC2)nc1C. The van der Waals surface area contributed by atoms with Gasteiger partial charge in [-0.15, -0.1) is 0 Å². The van der Waals surface area contributed by atoms with E-state index < -0.39 is 0 Å². The molecule has 2 heterocycles. The monoisotopic (exact) mass is 251 g/mol. The third kappa shape index (κ3) is 3.65. The van der Waals surface area contributed by atoms with Gasteiger partial charge in [0.2, 0.25) is 0 Å². The number of nitrogens with one attached hydrogen (secondary N) is 1. The zero-order valence-electron chi connectivity index (χ0n) is 11.1. The Bertz CT molecular complexity index is 378. The molecule has 1 fully saturated rings. The van der Waals surface area contributed by atoms with Gasteiger partial charge in [0, 0.05) is 37.2 Å². The van der Waals surface area contributed by atoms with Gasteiger partial charge in [0.15, 0.2) is 0 Å². The van der Waals surface area contributed by atoms with Gasteiger partial charge in [-0.1, -0.05) is 0 Å². The van der Waals surface area contributed by atoms with E-state index in [0.29, 0.717) is 18.5 Å². The van der Waals surface area contributed by atoms with Crippen LogP contribution in [0.2, 0.25) is 0 Å². The highest BCUT2D eigenvalue weighted by Crippen LogP contribution is 2.16. The molecule has 1 aromatic rings. The van der Waals surface area contributed by atoms with Gasteiger partial charge in [-0.05, 0) is 32.7 Å². The average Bonchev–Trinajstić information content (AvgIpc) is 2.41. The summed E-state index contributed by atoms with van der Waals surface area (Å²) in [5.41, 5.74) is 2.08. The van der Waals surface area contributed by atoms with Crippen molar-refractivity contribution >= 4 is 0 Å². The number of hydrogen-bond donors (Lipinski definition) is 1. The topological polar surface area (TPSA) is 56.3 Å². The van der Waals surface area contributed by atoms with Gasteiger partial charge >= 0.3 is 6.01 Å². The fraction of sp³-hybridized carbons (Fsp3) is 0.692. The molecule has 0 bridgehead atoms. The van der Waals surface area contributed by atoms with Gasteiger partial charge < -0.3 is 14.8 Å². The van der Waals surface area contributed by atoms with Crippen molar-refractivity contribution < 1.29 is 9.47 Å². The molecule has 0 unspecified atom stereocenters. The summed E-state index contributed by atoms with van der Waals surface area (Å²) in [6.45, 7) is 5.14. The number of nitrogens with zero attached hydrogens (tertiary/aromatic N) is 2. The molecule has 1 N–H and O–H groups in total. The van der Waals surface area contributed by atoms with Crippen molar-refractivity contribution in [2.75, 3.05) is 26.9 Å². The largest absolute Gasteiger partial charge is 0.463 e. The summed E-state index contributed by atoms with van der Waals surface area (Å²) in [6.07, 6.45) is 3.96. The van der Waals surface area contributed by atoms with Crippen molar-refractivity contribution in [2.45, 2.75) is 26.3 Å². The molecule has 0 aromatic carbocycles. The maximum atomic E-state index is 5.66. The van der Waals surface area contributed by atoms with Crippen LogP contribution in [0.3, 0.4) is 0 Å². The van der Waals surface area contributed by atoms with E-state index in [-0.39, 0.29) is 0 Å². The molecule has 0 aliphatic carbocycles. The van der Waals surface area contributed by atoms with Crippen LogP contribution in [0.5, 0.6) is 6.01 Å². The van der Waals surface area contributed by atoms with Crippen molar-refractivity contribution in [3.8, 4) is 6.01 Å². The zero-order valence-corrected chi connectivity index (χ0v) is 11.1. The van der Waals surface area contributed by atoms with Crippen molar-refractivity contribution in [3.05, 3.63) is 17.5 Å². The predicted octanol–water partition coefficient (Wildman–Crippen LogP) is 1.31. The second-order valence-corrected chi connectivity index (χ2v) is 4.66. The Balaban J connectivity index is 1.87. The summed E-state index contributed by atoms with van der Waals surface area (Å²) < 4.78 is 11.0. The van der Waals surface area contributed by atoms with Crippen LogP contribution < -0.4 is 10.1 Å². The van der Waals surface area contributed by atoms with Crippen LogP contribution >= 0.6 is 0 Å². The molecule has 0 spiro atoms. The second-order valence-electron chi connectivity index (χ2n) is 4.66. The summed E-state index contributed by atoms with van der Waals surface area (Å²) >= 11 is 0. The Hall–Kier alpha value is -1.20. The lowest BCUT2D eigenvalue weighted by Gasteiger charge is -2.21. The molecule has 0 saturated carbocycles. The minimum Gasteiger partial charge on any atom is -0.463 e. The highest BCUT2D eigenvalue weighted by molar-refractivity contribution is 5.17. The lowest BCUT2D eigenvalue weighted by molar-refractivity contribution is 0.0482. The first kappa shape index (κ1) is 13.2. The Kier molecular flexibility index (Phi) is 4.90. The van der Waals surface area contributed by atoms with E-state index in [2.05, 4.69) is 15.3 Å². The average molecular weight is 251 g/mol. The Morgan fingerprint density at radius 2 is 2.22 bits per heavy atom. The quantitative estimate of drug-likeness (QED) is 0.855. The highest BCUT2D eigenvalue weighted by Gasteiger charge is 2.15. The third-order valence-electron chi connectivity index (χ3n) is 3.22. The summed E-state index contributed by atoms with van der Waals surface area (Å²) in [4.78, 5) is 8.61. The van der Waals surface area contributed by atoms with Gasteiger partial charge in [-0.25, -0.2) is 9.97 Å². The molecule has 5 nitrogen and oxygen atoms in total. The molecule has 0 atom stereocenters. The molecule has 1 aliphatic rings. The third-order valence-corrected chi connectivity index (χ3v) is 3.22. The van der Waals surface area contributed by atoms with Crippen LogP contribution in [0.1, 0.15) is 24.1 Å². The maximum Gasteiger partial charge on any atom is 0.316 e. The minimum atomic E-state index is 0.485. The first-order valence-electron chi connectivity index (χ1n) is 6.47. The molecule has 2 rings (SSSR count). The number of aromatic nitrogens is 2. The molecular formula is C13H21N3O2. The van der Waals surface area contributed by atoms with Crippen LogP contribution in [0, 0.1) is 12.8 Å². The van der Waals surface area contributed by atoms with Crippen LogP contribution in [0.25, 0.3) is 0 Å². The smallest absolute Gasteiger partial charge is 0.316 e. The summed E-state index contributed by atoms with van der Waals surface area (Å²) in [5.74, 6) is 0.569. The van der Waals surface area contributed by atoms with Crippen molar-refractivity contribution in [1.29, 1.82) is 0 Å². The molecule has 18 heavy (non-hydrogen) atoms. The second kappa shape index (κ2) is 6.66. The molecule has 1 aromatic heterocycles. The maximum absolute atomic E-state index is 5.66. The van der Waals surface area contributed by atoms with Gasteiger partial charge in [0.25, 0.3) is 0 Å². The molecule has 1 saturated heterocycles. The standard InChI is InChI=1S/C13H21N3O2/c1-10-12(7-14-2)8-15-13(16-10)18-9-11-3-5-17-6-4-11/h8,11,14H,3-7,9H2,1-2H3. The molecule has 0 amide bonds. The van der Waals surface area contributed by atoms with Crippen LogP contribution in [0.15, 0.2) is 6.20 Å². The van der Waals surface area contributed by atoms with Gasteiger partial charge in [-0.3, -0.25) is 0 Å². The van der Waals surface area contributed by atoms with Gasteiger partial charge in [0.05, 0.1) is 6.61 Å². The van der Waals surface area contributed by atoms with Crippen molar-refractivity contribution in [3.63, 3.8) is 0 Å². The first-order chi connectivity index (χ1) is 8.79. The first-order valence-corrected chi connectivity index (χ1v) is 6.47. The van der Waals surface area contributed by atoms with E-state index in [4.69, 9.17) is 9.47 Å². The van der Waals surface area contributed by atoms with Crippen LogP contribution in [-0.2, 0) is 11.3 Å². The summed E-state index contributed by atoms with van der Waals surface area (Å²) in [7, 11) is 1.91. The van der Waals surface area contributed by atoms with E-state index in [0.717, 1.165) is 43.9 Å². The minimum absolute atomic E-state index is 0.485. The van der Waals surface area contributed by atoms with E-state index in [1.807, 2.05) is 20.2 Å². The van der Waals surface area contributed by atoms with E-state index in [1.165, 1.54) is 0 Å². The number of rotatable bonds is 5. The molecule has 0 radical (unpaired) electrons. The normalized spacial score (nSPS) is 16.8. The van der Waals surface area contributed by atoms with E-state index in [1.54, 1.807) is 0 Å². The van der Waals surface area contributed by atoms with Crippen LogP contribution in [0.4, 0.5) is 0 Å². The van der Waals surface area contributed by atoms with Crippen molar-refractivity contribution in [1.82, 2.24) is 15.3 Å². The molecule has 5 heteroatoms. The molecule has 100 valence electrons. The van der Waals surface area contributed by atoms with Crippen molar-refractivity contribution in [2.24, 2.45) is 5.92 Å². The van der Waals surface area contributed by atoms with Gasteiger partial charge in [-0.2, -0.15) is 0 Å². The van der Waals surface area contributed by atoms with E-state index >= 15 is 0 Å². The Morgan fingerprint density at radius 3 is 2.89 bits per heavy atom. The number of hydrogen-bond acceptors (Lipinski definition) is 5.